The van der Waals surface area contributed by atoms with Gasteiger partial charge in [0.25, 0.3) is 5.91 Å². The van der Waals surface area contributed by atoms with Crippen LogP contribution in [0.2, 0.25) is 0 Å². The van der Waals surface area contributed by atoms with E-state index in [1.54, 1.807) is 18.3 Å². The van der Waals surface area contributed by atoms with Crippen molar-refractivity contribution >= 4 is 5.91 Å². The van der Waals surface area contributed by atoms with Crippen LogP contribution in [0.5, 0.6) is 5.75 Å². The minimum Gasteiger partial charge on any atom is -0.493 e. The third-order valence-corrected chi connectivity index (χ3v) is 3.49. The van der Waals surface area contributed by atoms with Crippen LogP contribution in [-0.2, 0) is 0 Å². The van der Waals surface area contributed by atoms with Gasteiger partial charge in [0.2, 0.25) is 0 Å². The van der Waals surface area contributed by atoms with Crippen molar-refractivity contribution in [1.82, 2.24) is 10.3 Å². The number of benzene rings is 1. The fraction of sp³-hybridized carbons (Fsp3) is 0.250. The zero-order valence-corrected chi connectivity index (χ0v) is 11.1. The van der Waals surface area contributed by atoms with E-state index < -0.39 is 0 Å². The van der Waals surface area contributed by atoms with Crippen LogP contribution in [-0.4, -0.2) is 24.0 Å². The second-order valence-electron chi connectivity index (χ2n) is 4.80. The zero-order chi connectivity index (χ0) is 13.8. The third-order valence-electron chi connectivity index (χ3n) is 3.49. The lowest BCUT2D eigenvalue weighted by molar-refractivity contribution is 0.0943. The molecule has 0 fully saturated rings. The Balaban J connectivity index is 1.67. The largest absolute Gasteiger partial charge is 0.493 e. The van der Waals surface area contributed by atoms with Gasteiger partial charge in [-0.05, 0) is 30.2 Å². The fourth-order valence-electron chi connectivity index (χ4n) is 2.43. The van der Waals surface area contributed by atoms with Gasteiger partial charge in [-0.3, -0.25) is 9.78 Å². The highest BCUT2D eigenvalue weighted by Gasteiger charge is 2.21. The minimum atomic E-state index is -0.130. The van der Waals surface area contributed by atoms with Crippen LogP contribution in [0.1, 0.15) is 28.4 Å². The van der Waals surface area contributed by atoms with E-state index in [4.69, 9.17) is 4.74 Å². The topological polar surface area (TPSA) is 51.2 Å². The fourth-order valence-corrected chi connectivity index (χ4v) is 2.43. The molecule has 1 amide bonds. The molecular formula is C16H16N2O2. The molecule has 3 rings (SSSR count). The van der Waals surface area contributed by atoms with Gasteiger partial charge in [0, 0.05) is 18.7 Å². The monoisotopic (exact) mass is 268 g/mol. The quantitative estimate of drug-likeness (QED) is 0.929. The van der Waals surface area contributed by atoms with Crippen molar-refractivity contribution in [2.45, 2.75) is 12.3 Å². The van der Waals surface area contributed by atoms with Crippen molar-refractivity contribution < 1.29 is 9.53 Å². The van der Waals surface area contributed by atoms with Crippen LogP contribution < -0.4 is 10.1 Å². The van der Waals surface area contributed by atoms with Gasteiger partial charge in [0.05, 0.1) is 6.61 Å². The van der Waals surface area contributed by atoms with Crippen molar-refractivity contribution in [2.75, 3.05) is 13.2 Å². The molecular weight excluding hydrogens is 252 g/mol. The van der Waals surface area contributed by atoms with Crippen LogP contribution in [0, 0.1) is 0 Å². The van der Waals surface area contributed by atoms with Gasteiger partial charge in [-0.1, -0.05) is 24.3 Å². The smallest absolute Gasteiger partial charge is 0.269 e. The van der Waals surface area contributed by atoms with Crippen molar-refractivity contribution in [2.24, 2.45) is 0 Å². The first-order chi connectivity index (χ1) is 9.84. The summed E-state index contributed by atoms with van der Waals surface area (Å²) < 4.78 is 5.62. The molecule has 1 atom stereocenters. The van der Waals surface area contributed by atoms with Gasteiger partial charge >= 0.3 is 0 Å². The molecule has 2 heterocycles. The number of ether oxygens (including phenoxy) is 1. The van der Waals surface area contributed by atoms with Crippen molar-refractivity contribution in [3.63, 3.8) is 0 Å². The van der Waals surface area contributed by atoms with Gasteiger partial charge in [0.15, 0.2) is 0 Å². The molecule has 1 unspecified atom stereocenters. The Morgan fingerprint density at radius 1 is 1.25 bits per heavy atom. The number of carbonyl (C=O) groups is 1. The van der Waals surface area contributed by atoms with E-state index in [1.165, 1.54) is 5.56 Å². The van der Waals surface area contributed by atoms with Gasteiger partial charge < -0.3 is 10.1 Å². The summed E-state index contributed by atoms with van der Waals surface area (Å²) in [6, 6.07) is 13.3. The zero-order valence-electron chi connectivity index (χ0n) is 11.1. The number of nitrogens with one attached hydrogen (secondary N) is 1. The molecule has 0 radical (unpaired) electrons. The molecule has 1 N–H and O–H groups in total. The molecule has 0 aliphatic carbocycles. The number of rotatable bonds is 3. The van der Waals surface area contributed by atoms with E-state index in [-0.39, 0.29) is 5.91 Å². The molecule has 0 saturated carbocycles. The molecule has 102 valence electrons. The number of nitrogens with zero attached hydrogens (tertiary/aromatic N) is 1. The van der Waals surface area contributed by atoms with Gasteiger partial charge in [-0.25, -0.2) is 0 Å². The number of carbonyl (C=O) groups excluding carboxylic acids is 1. The lowest BCUT2D eigenvalue weighted by atomic mass is 9.93. The van der Waals surface area contributed by atoms with Crippen molar-refractivity contribution in [1.29, 1.82) is 0 Å². The van der Waals surface area contributed by atoms with Crippen LogP contribution in [0.4, 0.5) is 0 Å². The van der Waals surface area contributed by atoms with E-state index in [2.05, 4.69) is 16.4 Å². The maximum Gasteiger partial charge on any atom is 0.269 e. The number of para-hydroxylation sites is 1. The average molecular weight is 268 g/mol. The van der Waals surface area contributed by atoms with Gasteiger partial charge in [-0.2, -0.15) is 0 Å². The molecule has 0 saturated heterocycles. The lowest BCUT2D eigenvalue weighted by Gasteiger charge is -2.25. The normalized spacial score (nSPS) is 16.9. The van der Waals surface area contributed by atoms with Gasteiger partial charge in [-0.15, -0.1) is 0 Å². The Bertz CT molecular complexity index is 598. The summed E-state index contributed by atoms with van der Waals surface area (Å²) in [7, 11) is 0. The Kier molecular flexibility index (Phi) is 3.63. The van der Waals surface area contributed by atoms with E-state index in [9.17, 15) is 4.79 Å². The average Bonchev–Trinajstić information content (AvgIpc) is 2.53. The first kappa shape index (κ1) is 12.7. The predicted molar refractivity (Wildman–Crippen MR) is 75.9 cm³/mol. The number of fused-ring (bicyclic) bond motifs is 1. The maximum atomic E-state index is 12.0. The Morgan fingerprint density at radius 3 is 2.95 bits per heavy atom. The second kappa shape index (κ2) is 5.74. The summed E-state index contributed by atoms with van der Waals surface area (Å²) in [6.07, 6.45) is 2.54. The Labute approximate surface area is 117 Å². The highest BCUT2D eigenvalue weighted by molar-refractivity contribution is 5.92. The number of aromatic nitrogens is 1. The van der Waals surface area contributed by atoms with E-state index >= 15 is 0 Å². The number of hydrogen-bond acceptors (Lipinski definition) is 3. The summed E-state index contributed by atoms with van der Waals surface area (Å²) in [6.45, 7) is 1.30. The first-order valence-corrected chi connectivity index (χ1v) is 6.75. The molecule has 1 aromatic carbocycles. The third kappa shape index (κ3) is 2.64. The summed E-state index contributed by atoms with van der Waals surface area (Å²) >= 11 is 0. The van der Waals surface area contributed by atoms with E-state index in [1.807, 2.05) is 24.3 Å². The lowest BCUT2D eigenvalue weighted by Crippen LogP contribution is -2.31. The standard InChI is InChI=1S/C16H16N2O2/c19-16(14-6-3-4-9-17-14)18-11-12-8-10-20-15-7-2-1-5-13(12)15/h1-7,9,12H,8,10-11H2,(H,18,19). The maximum absolute atomic E-state index is 12.0. The summed E-state index contributed by atoms with van der Waals surface area (Å²) in [5.74, 6) is 1.10. The molecule has 1 aliphatic heterocycles. The minimum absolute atomic E-state index is 0.130. The van der Waals surface area contributed by atoms with Crippen LogP contribution in [0.15, 0.2) is 48.7 Å². The second-order valence-corrected chi connectivity index (χ2v) is 4.80. The predicted octanol–water partition coefficient (Wildman–Crippen LogP) is 2.38. The SMILES string of the molecule is O=C(NCC1CCOc2ccccc21)c1ccccn1. The Morgan fingerprint density at radius 2 is 2.10 bits per heavy atom. The molecule has 1 aliphatic rings. The van der Waals surface area contributed by atoms with Crippen LogP contribution in [0.25, 0.3) is 0 Å². The molecule has 4 nitrogen and oxygen atoms in total. The highest BCUT2D eigenvalue weighted by Crippen LogP contribution is 2.32. The van der Waals surface area contributed by atoms with Crippen molar-refractivity contribution in [3.05, 3.63) is 59.9 Å². The Hall–Kier alpha value is -2.36. The first-order valence-electron chi connectivity index (χ1n) is 6.75. The molecule has 20 heavy (non-hydrogen) atoms. The molecule has 0 bridgehead atoms. The molecule has 4 heteroatoms. The number of amides is 1. The summed E-state index contributed by atoms with van der Waals surface area (Å²) in [5, 5.41) is 2.95. The van der Waals surface area contributed by atoms with Crippen LogP contribution >= 0.6 is 0 Å². The summed E-state index contributed by atoms with van der Waals surface area (Å²) in [5.41, 5.74) is 1.62. The van der Waals surface area contributed by atoms with E-state index in [0.29, 0.717) is 24.8 Å². The van der Waals surface area contributed by atoms with Gasteiger partial charge in [0.1, 0.15) is 11.4 Å². The summed E-state index contributed by atoms with van der Waals surface area (Å²) in [4.78, 5) is 16.0. The number of hydrogen-bond donors (Lipinski definition) is 1. The number of pyridine rings is 1. The van der Waals surface area contributed by atoms with Crippen LogP contribution in [0.3, 0.4) is 0 Å². The molecule has 2 aromatic rings. The van der Waals surface area contributed by atoms with E-state index in [0.717, 1.165) is 12.2 Å². The highest BCUT2D eigenvalue weighted by atomic mass is 16.5. The van der Waals surface area contributed by atoms with Crippen molar-refractivity contribution in [3.8, 4) is 5.75 Å². The molecule has 1 aromatic heterocycles. The molecule has 0 spiro atoms.